The van der Waals surface area contributed by atoms with Gasteiger partial charge in [0, 0.05) is 12.0 Å². The van der Waals surface area contributed by atoms with Crippen LogP contribution in [0.1, 0.15) is 39.6 Å². The average molecular weight is 206 g/mol. The summed E-state index contributed by atoms with van der Waals surface area (Å²) in [5.74, 6) is -0.294. The Morgan fingerprint density at radius 2 is 2.00 bits per heavy atom. The first-order valence-corrected chi connectivity index (χ1v) is 4.82. The lowest BCUT2D eigenvalue weighted by atomic mass is 10.0. The van der Waals surface area contributed by atoms with E-state index in [1.54, 1.807) is 25.1 Å². The van der Waals surface area contributed by atoms with Crippen LogP contribution in [0.4, 0.5) is 0 Å². The molecule has 0 atom stereocenters. The van der Waals surface area contributed by atoms with Crippen molar-refractivity contribution in [3.8, 4) is 0 Å². The Balaban J connectivity index is 3.08. The number of esters is 1. The fourth-order valence-electron chi connectivity index (χ4n) is 1.38. The normalized spacial score (nSPS) is 9.80. The molecule has 1 rings (SSSR count). The second-order valence-corrected chi connectivity index (χ2v) is 3.30. The maximum Gasteiger partial charge on any atom is 0.338 e. The molecule has 0 unspecified atom stereocenters. The summed E-state index contributed by atoms with van der Waals surface area (Å²) in [5, 5.41) is 0. The minimum atomic E-state index is -0.372. The Kier molecular flexibility index (Phi) is 3.61. The molecule has 0 saturated heterocycles. The Bertz CT molecular complexity index is 394. The summed E-state index contributed by atoms with van der Waals surface area (Å²) in [7, 11) is 1.34. The molecule has 0 amide bonds. The lowest BCUT2D eigenvalue weighted by Gasteiger charge is -2.05. The second-order valence-electron chi connectivity index (χ2n) is 3.30. The summed E-state index contributed by atoms with van der Waals surface area (Å²) in [6.07, 6.45) is 0.469. The number of hydrogen-bond acceptors (Lipinski definition) is 3. The molecule has 0 aliphatic rings. The van der Waals surface area contributed by atoms with Crippen LogP contribution >= 0.6 is 0 Å². The van der Waals surface area contributed by atoms with Crippen LogP contribution in [0.3, 0.4) is 0 Å². The maximum atomic E-state index is 11.4. The van der Waals surface area contributed by atoms with Gasteiger partial charge in [0.25, 0.3) is 0 Å². The van der Waals surface area contributed by atoms with Crippen molar-refractivity contribution in [3.63, 3.8) is 0 Å². The molecule has 0 bridgehead atoms. The number of ether oxygens (including phenoxy) is 1. The van der Waals surface area contributed by atoms with Gasteiger partial charge in [-0.3, -0.25) is 4.79 Å². The van der Waals surface area contributed by atoms with Crippen LogP contribution in [0.15, 0.2) is 18.2 Å². The third-order valence-electron chi connectivity index (χ3n) is 2.27. The highest BCUT2D eigenvalue weighted by atomic mass is 16.5. The molecule has 0 spiro atoms. The molecule has 0 heterocycles. The van der Waals surface area contributed by atoms with Crippen LogP contribution in [-0.2, 0) is 4.74 Å². The quantitative estimate of drug-likeness (QED) is 0.563. The molecule has 1 aromatic rings. The molecule has 0 aromatic heterocycles. The van der Waals surface area contributed by atoms with Gasteiger partial charge >= 0.3 is 5.97 Å². The lowest BCUT2D eigenvalue weighted by molar-refractivity contribution is 0.0599. The summed E-state index contributed by atoms with van der Waals surface area (Å²) in [5.41, 5.74) is 1.91. The van der Waals surface area contributed by atoms with Crippen molar-refractivity contribution in [2.75, 3.05) is 7.11 Å². The zero-order chi connectivity index (χ0) is 11.4. The molecular formula is C12H14O3. The first-order valence-electron chi connectivity index (χ1n) is 4.82. The largest absolute Gasteiger partial charge is 0.465 e. The maximum absolute atomic E-state index is 11.4. The van der Waals surface area contributed by atoms with Crippen LogP contribution in [-0.4, -0.2) is 18.9 Å². The number of carbonyl (C=O) groups excluding carboxylic acids is 2. The highest BCUT2D eigenvalue weighted by Crippen LogP contribution is 2.13. The first-order chi connectivity index (χ1) is 7.10. The van der Waals surface area contributed by atoms with E-state index in [0.717, 1.165) is 5.56 Å². The van der Waals surface area contributed by atoms with Gasteiger partial charge in [0.1, 0.15) is 0 Å². The molecule has 0 saturated carbocycles. The van der Waals surface area contributed by atoms with E-state index in [1.165, 1.54) is 7.11 Å². The van der Waals surface area contributed by atoms with Gasteiger partial charge in [-0.15, -0.1) is 0 Å². The van der Waals surface area contributed by atoms with Crippen LogP contribution in [0.2, 0.25) is 0 Å². The molecule has 3 heteroatoms. The fraction of sp³-hybridized carbons (Fsp3) is 0.333. The van der Waals surface area contributed by atoms with E-state index in [1.807, 2.05) is 6.92 Å². The number of carbonyl (C=O) groups is 2. The Morgan fingerprint density at radius 3 is 2.47 bits per heavy atom. The molecule has 80 valence electrons. The zero-order valence-corrected chi connectivity index (χ0v) is 9.16. The summed E-state index contributed by atoms with van der Waals surface area (Å²) < 4.78 is 4.62. The zero-order valence-electron chi connectivity index (χ0n) is 9.16. The monoisotopic (exact) mass is 206 g/mol. The predicted octanol–water partition coefficient (Wildman–Crippen LogP) is 2.37. The van der Waals surface area contributed by atoms with Crippen molar-refractivity contribution in [2.24, 2.45) is 0 Å². The van der Waals surface area contributed by atoms with Crippen LogP contribution in [0, 0.1) is 6.92 Å². The first kappa shape index (κ1) is 11.4. The summed E-state index contributed by atoms with van der Waals surface area (Å²) in [4.78, 5) is 22.7. The third-order valence-corrected chi connectivity index (χ3v) is 2.27. The molecule has 3 nitrogen and oxygen atoms in total. The highest BCUT2D eigenvalue weighted by Gasteiger charge is 2.11. The topological polar surface area (TPSA) is 43.4 Å². The SMILES string of the molecule is CCC(=O)c1ccc(C(=O)OC)c(C)c1. The molecule has 0 aliphatic heterocycles. The number of Topliss-reactive ketones (excluding diaryl/α,β-unsaturated/α-hetero) is 1. The molecule has 0 aliphatic carbocycles. The van der Waals surface area contributed by atoms with Gasteiger partial charge in [0.15, 0.2) is 5.78 Å². The third kappa shape index (κ3) is 2.43. The van der Waals surface area contributed by atoms with Crippen LogP contribution in [0.25, 0.3) is 0 Å². The summed E-state index contributed by atoms with van der Waals surface area (Å²) >= 11 is 0. The Morgan fingerprint density at radius 1 is 1.33 bits per heavy atom. The van der Waals surface area contributed by atoms with E-state index in [9.17, 15) is 9.59 Å². The van der Waals surface area contributed by atoms with Crippen LogP contribution in [0.5, 0.6) is 0 Å². The number of aryl methyl sites for hydroxylation is 1. The van der Waals surface area contributed by atoms with Crippen molar-refractivity contribution >= 4 is 11.8 Å². The lowest BCUT2D eigenvalue weighted by Crippen LogP contribution is -2.05. The van der Waals surface area contributed by atoms with Gasteiger partial charge in [0.2, 0.25) is 0 Å². The van der Waals surface area contributed by atoms with Gasteiger partial charge in [-0.1, -0.05) is 13.0 Å². The van der Waals surface area contributed by atoms with Crippen molar-refractivity contribution in [2.45, 2.75) is 20.3 Å². The van der Waals surface area contributed by atoms with Gasteiger partial charge in [0.05, 0.1) is 12.7 Å². The van der Waals surface area contributed by atoms with E-state index in [4.69, 9.17) is 0 Å². The second kappa shape index (κ2) is 4.73. The number of hydrogen-bond donors (Lipinski definition) is 0. The Labute approximate surface area is 89.1 Å². The minimum Gasteiger partial charge on any atom is -0.465 e. The molecule has 0 N–H and O–H groups in total. The van der Waals surface area contributed by atoms with Crippen molar-refractivity contribution in [3.05, 3.63) is 34.9 Å². The number of ketones is 1. The highest BCUT2D eigenvalue weighted by molar-refractivity contribution is 5.98. The number of benzene rings is 1. The van der Waals surface area contributed by atoms with Crippen molar-refractivity contribution in [1.82, 2.24) is 0 Å². The number of methoxy groups -OCH3 is 1. The molecule has 0 fully saturated rings. The molecule has 0 radical (unpaired) electrons. The average Bonchev–Trinajstić information content (AvgIpc) is 2.26. The van der Waals surface area contributed by atoms with Gasteiger partial charge < -0.3 is 4.74 Å². The summed E-state index contributed by atoms with van der Waals surface area (Å²) in [6.45, 7) is 3.60. The summed E-state index contributed by atoms with van der Waals surface area (Å²) in [6, 6.07) is 5.01. The van der Waals surface area contributed by atoms with Gasteiger partial charge in [-0.05, 0) is 24.6 Å². The van der Waals surface area contributed by atoms with E-state index >= 15 is 0 Å². The predicted molar refractivity (Wildman–Crippen MR) is 57.1 cm³/mol. The van der Waals surface area contributed by atoms with E-state index in [2.05, 4.69) is 4.74 Å². The number of rotatable bonds is 3. The van der Waals surface area contributed by atoms with Gasteiger partial charge in [-0.2, -0.15) is 0 Å². The fourth-order valence-corrected chi connectivity index (χ4v) is 1.38. The van der Waals surface area contributed by atoms with Crippen LogP contribution < -0.4 is 0 Å². The Hall–Kier alpha value is -1.64. The molecule has 1 aromatic carbocycles. The molecular weight excluding hydrogens is 192 g/mol. The van der Waals surface area contributed by atoms with Crippen molar-refractivity contribution < 1.29 is 14.3 Å². The van der Waals surface area contributed by atoms with E-state index in [-0.39, 0.29) is 11.8 Å². The van der Waals surface area contributed by atoms with E-state index < -0.39 is 0 Å². The minimum absolute atomic E-state index is 0.0783. The molecule has 15 heavy (non-hydrogen) atoms. The van der Waals surface area contributed by atoms with Gasteiger partial charge in [-0.25, -0.2) is 4.79 Å². The standard InChI is InChI=1S/C12H14O3/c1-4-11(13)9-5-6-10(8(2)7-9)12(14)15-3/h5-7H,4H2,1-3H3. The van der Waals surface area contributed by atoms with E-state index in [0.29, 0.717) is 17.5 Å². The van der Waals surface area contributed by atoms with Crippen molar-refractivity contribution in [1.29, 1.82) is 0 Å². The smallest absolute Gasteiger partial charge is 0.338 e.